The van der Waals surface area contributed by atoms with E-state index in [2.05, 4.69) is 11.9 Å². The highest BCUT2D eigenvalue weighted by molar-refractivity contribution is 7.10. The minimum atomic E-state index is -0.290. The number of hydrogen-bond donors (Lipinski definition) is 1. The van der Waals surface area contributed by atoms with Crippen LogP contribution in [0.25, 0.3) is 0 Å². The van der Waals surface area contributed by atoms with Gasteiger partial charge < -0.3 is 10.6 Å². The third-order valence-corrected chi connectivity index (χ3v) is 3.42. The molecule has 4 heteroatoms. The van der Waals surface area contributed by atoms with Gasteiger partial charge in [0, 0.05) is 23.3 Å². The van der Waals surface area contributed by atoms with E-state index >= 15 is 0 Å². The van der Waals surface area contributed by atoms with Crippen LogP contribution in [0.2, 0.25) is 0 Å². The van der Waals surface area contributed by atoms with Crippen LogP contribution < -0.4 is 5.73 Å². The van der Waals surface area contributed by atoms with Gasteiger partial charge in [0.1, 0.15) is 0 Å². The molecule has 0 bridgehead atoms. The molecule has 2 N–H and O–H groups in total. The molecule has 0 aliphatic carbocycles. The number of carbonyl (C=O) groups excluding carboxylic acids is 1. The second-order valence-corrected chi connectivity index (χ2v) is 4.37. The number of carbonyl (C=O) groups is 1. The largest absolute Gasteiger partial charge is 0.366 e. The highest BCUT2D eigenvalue weighted by Crippen LogP contribution is 2.27. The van der Waals surface area contributed by atoms with Gasteiger partial charge in [-0.2, -0.15) is 0 Å². The zero-order valence-corrected chi connectivity index (χ0v) is 8.36. The van der Waals surface area contributed by atoms with Gasteiger partial charge in [-0.1, -0.05) is 0 Å². The van der Waals surface area contributed by atoms with E-state index in [0.717, 1.165) is 25.1 Å². The molecule has 1 aliphatic rings. The van der Waals surface area contributed by atoms with Crippen molar-refractivity contribution in [3.05, 3.63) is 21.4 Å². The Labute approximate surface area is 81.2 Å². The number of likely N-dealkylation sites (N-methyl/N-ethyl adjacent to an activating group) is 1. The topological polar surface area (TPSA) is 46.3 Å². The lowest BCUT2D eigenvalue weighted by Crippen LogP contribution is -2.26. The van der Waals surface area contributed by atoms with Crippen molar-refractivity contribution in [1.82, 2.24) is 4.90 Å². The lowest BCUT2D eigenvalue weighted by Gasteiger charge is -2.22. The number of rotatable bonds is 1. The van der Waals surface area contributed by atoms with Gasteiger partial charge in [-0.15, -0.1) is 11.3 Å². The van der Waals surface area contributed by atoms with E-state index in [9.17, 15) is 4.79 Å². The van der Waals surface area contributed by atoms with Gasteiger partial charge in [0.15, 0.2) is 0 Å². The van der Waals surface area contributed by atoms with Crippen LogP contribution in [-0.4, -0.2) is 24.4 Å². The van der Waals surface area contributed by atoms with Crippen LogP contribution in [0.5, 0.6) is 0 Å². The normalized spacial score (nSPS) is 17.0. The van der Waals surface area contributed by atoms with Crippen molar-refractivity contribution in [2.75, 3.05) is 13.6 Å². The molecule has 0 saturated carbocycles. The van der Waals surface area contributed by atoms with E-state index in [0.29, 0.717) is 0 Å². The van der Waals surface area contributed by atoms with Crippen LogP contribution in [-0.2, 0) is 13.0 Å². The summed E-state index contributed by atoms with van der Waals surface area (Å²) in [7, 11) is 2.09. The van der Waals surface area contributed by atoms with Crippen molar-refractivity contribution in [2.45, 2.75) is 13.0 Å². The molecule has 1 amide bonds. The Morgan fingerprint density at radius 3 is 3.15 bits per heavy atom. The number of nitrogens with two attached hydrogens (primary N) is 1. The van der Waals surface area contributed by atoms with E-state index in [-0.39, 0.29) is 5.91 Å². The van der Waals surface area contributed by atoms with Crippen molar-refractivity contribution in [3.63, 3.8) is 0 Å². The molecule has 3 nitrogen and oxygen atoms in total. The maximum absolute atomic E-state index is 11.0. The molecular weight excluding hydrogens is 184 g/mol. The first-order valence-electron chi connectivity index (χ1n) is 4.26. The molecule has 2 heterocycles. The Balaban J connectivity index is 2.39. The number of primary amides is 1. The highest BCUT2D eigenvalue weighted by atomic mass is 32.1. The van der Waals surface area contributed by atoms with Gasteiger partial charge in [0.25, 0.3) is 0 Å². The van der Waals surface area contributed by atoms with Gasteiger partial charge >= 0.3 is 0 Å². The predicted molar refractivity (Wildman–Crippen MR) is 52.9 cm³/mol. The first kappa shape index (κ1) is 8.72. The molecular formula is C9H12N2OS. The molecule has 0 fully saturated rings. The summed E-state index contributed by atoms with van der Waals surface area (Å²) < 4.78 is 0. The maximum atomic E-state index is 11.0. The average Bonchev–Trinajstić information content (AvgIpc) is 2.46. The van der Waals surface area contributed by atoms with Crippen molar-refractivity contribution >= 4 is 17.2 Å². The van der Waals surface area contributed by atoms with Gasteiger partial charge in [0.2, 0.25) is 5.91 Å². The summed E-state index contributed by atoms with van der Waals surface area (Å²) in [5.41, 5.74) is 7.18. The van der Waals surface area contributed by atoms with Crippen molar-refractivity contribution in [1.29, 1.82) is 0 Å². The van der Waals surface area contributed by atoms with Crippen LogP contribution in [0.4, 0.5) is 0 Å². The summed E-state index contributed by atoms with van der Waals surface area (Å²) in [6, 6.07) is 0. The monoisotopic (exact) mass is 196 g/mol. The summed E-state index contributed by atoms with van der Waals surface area (Å²) in [6.45, 7) is 1.97. The molecule has 0 atom stereocenters. The Morgan fingerprint density at radius 2 is 2.46 bits per heavy atom. The fourth-order valence-corrected chi connectivity index (χ4v) is 2.83. The average molecular weight is 196 g/mol. The summed E-state index contributed by atoms with van der Waals surface area (Å²) in [4.78, 5) is 14.6. The third kappa shape index (κ3) is 1.47. The zero-order valence-electron chi connectivity index (χ0n) is 7.54. The van der Waals surface area contributed by atoms with E-state index < -0.39 is 0 Å². The third-order valence-electron chi connectivity index (χ3n) is 2.40. The summed E-state index contributed by atoms with van der Waals surface area (Å²) in [5.74, 6) is -0.290. The molecule has 13 heavy (non-hydrogen) atoms. The minimum absolute atomic E-state index is 0.290. The number of hydrogen-bond acceptors (Lipinski definition) is 3. The molecule has 0 unspecified atom stereocenters. The van der Waals surface area contributed by atoms with Crippen LogP contribution in [0.15, 0.2) is 5.38 Å². The Kier molecular flexibility index (Phi) is 2.09. The molecule has 0 spiro atoms. The second-order valence-electron chi connectivity index (χ2n) is 3.40. The molecule has 2 rings (SSSR count). The molecule has 70 valence electrons. The summed E-state index contributed by atoms with van der Waals surface area (Å²) >= 11 is 1.64. The van der Waals surface area contributed by atoms with E-state index in [4.69, 9.17) is 5.73 Å². The molecule has 1 aromatic heterocycles. The van der Waals surface area contributed by atoms with Crippen LogP contribution in [0.3, 0.4) is 0 Å². The molecule has 0 radical (unpaired) electrons. The van der Waals surface area contributed by atoms with Crippen LogP contribution in [0, 0.1) is 0 Å². The van der Waals surface area contributed by atoms with Crippen molar-refractivity contribution in [3.8, 4) is 0 Å². The predicted octanol–water partition coefficient (Wildman–Crippen LogP) is 0.835. The first-order valence-corrected chi connectivity index (χ1v) is 5.14. The standard InChI is InChI=1S/C9H12N2OS/c1-11-3-2-6-7(9(10)12)5-13-8(6)4-11/h5H,2-4H2,1H3,(H2,10,12). The SMILES string of the molecule is CN1CCc2c(C(N)=O)csc2C1. The fourth-order valence-electron chi connectivity index (χ4n) is 1.66. The summed E-state index contributed by atoms with van der Waals surface area (Å²) in [5, 5.41) is 1.88. The Bertz CT molecular complexity index is 345. The van der Waals surface area contributed by atoms with Crippen LogP contribution in [0.1, 0.15) is 20.8 Å². The van der Waals surface area contributed by atoms with Crippen LogP contribution >= 0.6 is 11.3 Å². The van der Waals surface area contributed by atoms with Gasteiger partial charge in [-0.05, 0) is 19.0 Å². The molecule has 0 aromatic carbocycles. The summed E-state index contributed by atoms with van der Waals surface area (Å²) in [6.07, 6.45) is 0.952. The van der Waals surface area contributed by atoms with Gasteiger partial charge in [0.05, 0.1) is 5.56 Å². The number of fused-ring (bicyclic) bond motifs is 1. The number of nitrogens with zero attached hydrogens (tertiary/aromatic N) is 1. The smallest absolute Gasteiger partial charge is 0.249 e. The molecule has 1 aromatic rings. The van der Waals surface area contributed by atoms with E-state index in [1.807, 2.05) is 5.38 Å². The van der Waals surface area contributed by atoms with Crippen molar-refractivity contribution < 1.29 is 4.79 Å². The Morgan fingerprint density at radius 1 is 1.69 bits per heavy atom. The van der Waals surface area contributed by atoms with E-state index in [1.165, 1.54) is 10.4 Å². The lowest BCUT2D eigenvalue weighted by atomic mass is 10.0. The first-order chi connectivity index (χ1) is 6.18. The van der Waals surface area contributed by atoms with Crippen molar-refractivity contribution in [2.24, 2.45) is 5.73 Å². The quantitative estimate of drug-likeness (QED) is 0.723. The van der Waals surface area contributed by atoms with Gasteiger partial charge in [-0.3, -0.25) is 4.79 Å². The lowest BCUT2D eigenvalue weighted by molar-refractivity contribution is 0.0999. The molecule has 1 aliphatic heterocycles. The number of amides is 1. The Hall–Kier alpha value is -0.870. The number of thiophene rings is 1. The zero-order chi connectivity index (χ0) is 9.42. The second kappa shape index (κ2) is 3.12. The minimum Gasteiger partial charge on any atom is -0.366 e. The fraction of sp³-hybridized carbons (Fsp3) is 0.444. The highest BCUT2D eigenvalue weighted by Gasteiger charge is 2.20. The van der Waals surface area contributed by atoms with Gasteiger partial charge in [-0.25, -0.2) is 0 Å². The molecule has 0 saturated heterocycles. The van der Waals surface area contributed by atoms with E-state index in [1.54, 1.807) is 11.3 Å². The maximum Gasteiger partial charge on any atom is 0.249 e.